The molecule has 1 amide bonds. The fourth-order valence-corrected chi connectivity index (χ4v) is 5.02. The number of carbonyl (C=O) groups excluding carboxylic acids is 1. The van der Waals surface area contributed by atoms with E-state index in [4.69, 9.17) is 4.74 Å². The maximum Gasteiger partial charge on any atom is 0.242 e. The van der Waals surface area contributed by atoms with E-state index < -0.39 is 10.0 Å². The molecule has 1 heterocycles. The second-order valence-electron chi connectivity index (χ2n) is 5.97. The largest absolute Gasteiger partial charge is 0.496 e. The van der Waals surface area contributed by atoms with Gasteiger partial charge in [-0.25, -0.2) is 13.1 Å². The maximum atomic E-state index is 13.0. The number of nitrogens with zero attached hydrogens (tertiary/aromatic N) is 1. The summed E-state index contributed by atoms with van der Waals surface area (Å²) in [6.45, 7) is 2.01. The molecule has 0 unspecified atom stereocenters. The maximum absolute atomic E-state index is 13.0. The van der Waals surface area contributed by atoms with Gasteiger partial charge in [0.2, 0.25) is 15.9 Å². The summed E-state index contributed by atoms with van der Waals surface area (Å²) < 4.78 is 34.5. The number of fused-ring (bicyclic) bond motifs is 1. The summed E-state index contributed by atoms with van der Waals surface area (Å²) in [6.07, 6.45) is 0.628. The summed E-state index contributed by atoms with van der Waals surface area (Å²) in [6, 6.07) is 10.6. The molecule has 1 N–H and O–H groups in total. The number of benzene rings is 2. The fourth-order valence-electron chi connectivity index (χ4n) is 3.09. The van der Waals surface area contributed by atoms with Crippen LogP contribution in [0.2, 0.25) is 0 Å². The van der Waals surface area contributed by atoms with Crippen molar-refractivity contribution in [1.82, 2.24) is 4.72 Å². The second-order valence-corrected chi connectivity index (χ2v) is 8.62. The van der Waals surface area contributed by atoms with Crippen molar-refractivity contribution in [3.8, 4) is 5.75 Å². The van der Waals surface area contributed by atoms with Crippen molar-refractivity contribution in [3.05, 3.63) is 52.0 Å². The van der Waals surface area contributed by atoms with Crippen LogP contribution < -0.4 is 14.4 Å². The monoisotopic (exact) mass is 438 g/mol. The van der Waals surface area contributed by atoms with Crippen LogP contribution in [0.1, 0.15) is 18.1 Å². The van der Waals surface area contributed by atoms with E-state index >= 15 is 0 Å². The Kier molecular flexibility index (Phi) is 5.36. The van der Waals surface area contributed by atoms with Crippen LogP contribution in [-0.2, 0) is 27.8 Å². The number of nitrogens with one attached hydrogen (secondary N) is 1. The predicted octanol–water partition coefficient (Wildman–Crippen LogP) is 2.85. The molecule has 138 valence electrons. The predicted molar refractivity (Wildman–Crippen MR) is 103 cm³/mol. The molecule has 0 bridgehead atoms. The zero-order valence-electron chi connectivity index (χ0n) is 14.5. The van der Waals surface area contributed by atoms with E-state index in [1.165, 1.54) is 17.9 Å². The molecule has 26 heavy (non-hydrogen) atoms. The number of anilines is 1. The molecule has 8 heteroatoms. The molecular formula is C18H19BrN2O4S. The number of ether oxygens (including phenoxy) is 1. The summed E-state index contributed by atoms with van der Waals surface area (Å²) in [5.74, 6) is 0.437. The van der Waals surface area contributed by atoms with Crippen molar-refractivity contribution >= 4 is 37.5 Å². The van der Waals surface area contributed by atoms with Crippen LogP contribution in [-0.4, -0.2) is 28.0 Å². The molecule has 2 aromatic rings. The van der Waals surface area contributed by atoms with E-state index in [2.05, 4.69) is 20.7 Å². The van der Waals surface area contributed by atoms with Gasteiger partial charge >= 0.3 is 0 Å². The minimum atomic E-state index is -3.83. The van der Waals surface area contributed by atoms with Crippen LogP contribution >= 0.6 is 15.9 Å². The lowest BCUT2D eigenvalue weighted by atomic mass is 10.2. The van der Waals surface area contributed by atoms with Crippen LogP contribution in [0, 0.1) is 0 Å². The number of methoxy groups -OCH3 is 1. The molecule has 0 radical (unpaired) electrons. The normalized spacial score (nSPS) is 13.6. The van der Waals surface area contributed by atoms with Gasteiger partial charge in [0.05, 0.1) is 12.8 Å². The minimum absolute atomic E-state index is 0.0910. The lowest BCUT2D eigenvalue weighted by molar-refractivity contribution is -0.116. The number of carbonyl (C=O) groups is 1. The first kappa shape index (κ1) is 18.9. The Balaban J connectivity index is 1.97. The van der Waals surface area contributed by atoms with Crippen molar-refractivity contribution in [2.45, 2.75) is 24.8 Å². The van der Waals surface area contributed by atoms with Crippen molar-refractivity contribution in [2.24, 2.45) is 0 Å². The summed E-state index contributed by atoms with van der Waals surface area (Å²) in [5, 5.41) is 0. The molecule has 0 aromatic heterocycles. The Hall–Kier alpha value is -1.90. The first-order chi connectivity index (χ1) is 12.3. The SMILES string of the molecule is COc1ccccc1CNS(=O)(=O)c1cc(Br)cc2c1N(C(C)=O)CC2. The van der Waals surface area contributed by atoms with E-state index in [1.54, 1.807) is 19.2 Å². The van der Waals surface area contributed by atoms with Gasteiger partial charge in [-0.3, -0.25) is 4.79 Å². The van der Waals surface area contributed by atoms with Crippen molar-refractivity contribution < 1.29 is 17.9 Å². The Morgan fingerprint density at radius 3 is 2.73 bits per heavy atom. The van der Waals surface area contributed by atoms with Crippen LogP contribution in [0.4, 0.5) is 5.69 Å². The van der Waals surface area contributed by atoms with Crippen LogP contribution in [0.15, 0.2) is 45.8 Å². The van der Waals surface area contributed by atoms with Gasteiger partial charge in [0, 0.05) is 30.0 Å². The molecule has 0 spiro atoms. The standard InChI is InChI=1S/C18H19BrN2O4S/c1-12(22)21-8-7-13-9-15(19)10-17(18(13)21)26(23,24)20-11-14-5-3-4-6-16(14)25-2/h3-6,9-10,20H,7-8,11H2,1-2H3. The van der Waals surface area contributed by atoms with Crippen molar-refractivity contribution in [3.63, 3.8) is 0 Å². The molecule has 1 aliphatic rings. The highest BCUT2D eigenvalue weighted by Crippen LogP contribution is 2.37. The molecule has 0 fully saturated rings. The third-order valence-corrected chi connectivity index (χ3v) is 6.18. The highest BCUT2D eigenvalue weighted by molar-refractivity contribution is 9.10. The fraction of sp³-hybridized carbons (Fsp3) is 0.278. The van der Waals surface area contributed by atoms with Gasteiger partial charge in [0.1, 0.15) is 10.6 Å². The number of rotatable bonds is 5. The van der Waals surface area contributed by atoms with Gasteiger partial charge in [0.15, 0.2) is 0 Å². The first-order valence-electron chi connectivity index (χ1n) is 8.05. The van der Waals surface area contributed by atoms with Gasteiger partial charge < -0.3 is 9.64 Å². The number of hydrogen-bond acceptors (Lipinski definition) is 4. The number of sulfonamides is 1. The molecule has 1 aliphatic heterocycles. The molecule has 3 rings (SSSR count). The van der Waals surface area contributed by atoms with Gasteiger partial charge in [-0.05, 0) is 30.2 Å². The Morgan fingerprint density at radius 2 is 2.04 bits per heavy atom. The molecule has 2 aromatic carbocycles. The van der Waals surface area contributed by atoms with Crippen molar-refractivity contribution in [2.75, 3.05) is 18.6 Å². The Morgan fingerprint density at radius 1 is 1.31 bits per heavy atom. The van der Waals surface area contributed by atoms with E-state index in [1.807, 2.05) is 18.2 Å². The van der Waals surface area contributed by atoms with Crippen molar-refractivity contribution in [1.29, 1.82) is 0 Å². The molecule has 0 atom stereocenters. The zero-order chi connectivity index (χ0) is 18.9. The second kappa shape index (κ2) is 7.38. The average Bonchev–Trinajstić information content (AvgIpc) is 3.03. The molecule has 0 saturated heterocycles. The van der Waals surface area contributed by atoms with Gasteiger partial charge in [-0.2, -0.15) is 0 Å². The lowest BCUT2D eigenvalue weighted by Crippen LogP contribution is -2.30. The average molecular weight is 439 g/mol. The Labute approximate surface area is 161 Å². The third-order valence-electron chi connectivity index (χ3n) is 4.31. The lowest BCUT2D eigenvalue weighted by Gasteiger charge is -2.19. The quantitative estimate of drug-likeness (QED) is 0.778. The molecule has 6 nitrogen and oxygen atoms in total. The zero-order valence-corrected chi connectivity index (χ0v) is 16.9. The van der Waals surface area contributed by atoms with Crippen LogP contribution in [0.3, 0.4) is 0 Å². The van der Waals surface area contributed by atoms with E-state index in [-0.39, 0.29) is 17.3 Å². The Bertz CT molecular complexity index is 960. The summed E-state index contributed by atoms with van der Waals surface area (Å²) in [5.41, 5.74) is 2.04. The van der Waals surface area contributed by atoms with E-state index in [9.17, 15) is 13.2 Å². The molecule has 0 aliphatic carbocycles. The number of halogens is 1. The number of hydrogen-bond donors (Lipinski definition) is 1. The summed E-state index contributed by atoms with van der Waals surface area (Å²) in [4.78, 5) is 13.5. The van der Waals surface area contributed by atoms with Gasteiger partial charge in [0.25, 0.3) is 0 Å². The first-order valence-corrected chi connectivity index (χ1v) is 10.3. The minimum Gasteiger partial charge on any atom is -0.496 e. The highest BCUT2D eigenvalue weighted by Gasteiger charge is 2.31. The number of para-hydroxylation sites is 1. The summed E-state index contributed by atoms with van der Waals surface area (Å²) in [7, 11) is -2.29. The highest BCUT2D eigenvalue weighted by atomic mass is 79.9. The smallest absolute Gasteiger partial charge is 0.242 e. The number of amides is 1. The van der Waals surface area contributed by atoms with Crippen LogP contribution in [0.25, 0.3) is 0 Å². The van der Waals surface area contributed by atoms with E-state index in [0.717, 1.165) is 11.1 Å². The van der Waals surface area contributed by atoms with E-state index in [0.29, 0.717) is 28.9 Å². The molecule has 0 saturated carbocycles. The van der Waals surface area contributed by atoms with Crippen LogP contribution in [0.5, 0.6) is 5.75 Å². The summed E-state index contributed by atoms with van der Waals surface area (Å²) >= 11 is 3.37. The van der Waals surface area contributed by atoms with Gasteiger partial charge in [-0.15, -0.1) is 0 Å². The van der Waals surface area contributed by atoms with Gasteiger partial charge in [-0.1, -0.05) is 34.1 Å². The molecular weight excluding hydrogens is 420 g/mol. The third kappa shape index (κ3) is 3.62. The topological polar surface area (TPSA) is 75.7 Å².